The van der Waals surface area contributed by atoms with Crippen LogP contribution in [0.5, 0.6) is 0 Å². The lowest BCUT2D eigenvalue weighted by Gasteiger charge is -2.47. The van der Waals surface area contributed by atoms with Crippen LogP contribution in [0.1, 0.15) is 19.8 Å². The Balaban J connectivity index is 2.12. The van der Waals surface area contributed by atoms with Gasteiger partial charge in [0.05, 0.1) is 5.60 Å². The molecule has 0 atom stereocenters. The molecule has 1 fully saturated rings. The molecule has 0 spiro atoms. The van der Waals surface area contributed by atoms with Crippen molar-refractivity contribution in [2.24, 2.45) is 0 Å². The average Bonchev–Trinajstić information content (AvgIpc) is 2.10. The van der Waals surface area contributed by atoms with Crippen LogP contribution < -0.4 is 0 Å². The van der Waals surface area contributed by atoms with Crippen molar-refractivity contribution in [2.75, 3.05) is 26.2 Å². The quantitative estimate of drug-likeness (QED) is 0.781. The zero-order valence-corrected chi connectivity index (χ0v) is 9.59. The molecule has 0 aromatic rings. The molecular weight excluding hydrogens is 239 g/mol. The summed E-state index contributed by atoms with van der Waals surface area (Å²) < 4.78 is 40.8. The van der Waals surface area contributed by atoms with E-state index in [4.69, 9.17) is 9.84 Å². The molecule has 0 unspecified atom stereocenters. The molecule has 0 saturated carbocycles. The monoisotopic (exact) mass is 255 g/mol. The van der Waals surface area contributed by atoms with E-state index in [1.165, 1.54) is 0 Å². The first kappa shape index (κ1) is 14.2. The molecule has 4 nitrogen and oxygen atoms in total. The summed E-state index contributed by atoms with van der Waals surface area (Å²) in [5.41, 5.74) is -0.531. The van der Waals surface area contributed by atoms with Crippen molar-refractivity contribution in [1.82, 2.24) is 4.90 Å². The topological polar surface area (TPSA) is 49.8 Å². The van der Waals surface area contributed by atoms with Crippen LogP contribution in [-0.2, 0) is 9.53 Å². The zero-order valence-electron chi connectivity index (χ0n) is 9.59. The minimum Gasteiger partial charge on any atom is -0.480 e. The summed E-state index contributed by atoms with van der Waals surface area (Å²) in [6.45, 7) is 2.73. The number of carboxylic acids is 1. The minimum atomic E-state index is -4.10. The summed E-state index contributed by atoms with van der Waals surface area (Å²) in [6.07, 6.45) is -4.82. The SMILES string of the molecule is CC1(OCC(=O)O)CN(CCCC(F)(F)F)C1. The number of alkyl halides is 3. The van der Waals surface area contributed by atoms with Gasteiger partial charge in [0.1, 0.15) is 6.61 Å². The molecule has 0 bridgehead atoms. The number of nitrogens with zero attached hydrogens (tertiary/aromatic N) is 1. The lowest BCUT2D eigenvalue weighted by atomic mass is 9.96. The predicted molar refractivity (Wildman–Crippen MR) is 53.7 cm³/mol. The number of carboxylic acid groups (broad SMARTS) is 1. The molecule has 1 N–H and O–H groups in total. The van der Waals surface area contributed by atoms with Crippen molar-refractivity contribution in [2.45, 2.75) is 31.5 Å². The molecule has 0 aromatic heterocycles. The molecule has 0 amide bonds. The summed E-state index contributed by atoms with van der Waals surface area (Å²) >= 11 is 0. The standard InChI is InChI=1S/C10H16F3NO3/c1-9(17-5-8(15)16)6-14(7-9)4-2-3-10(11,12)13/h2-7H2,1H3,(H,15,16). The summed E-state index contributed by atoms with van der Waals surface area (Å²) in [5, 5.41) is 8.43. The van der Waals surface area contributed by atoms with Gasteiger partial charge in [0.25, 0.3) is 0 Å². The summed E-state index contributed by atoms with van der Waals surface area (Å²) in [5.74, 6) is -1.04. The zero-order chi connectivity index (χ0) is 13.1. The van der Waals surface area contributed by atoms with E-state index < -0.39 is 24.2 Å². The van der Waals surface area contributed by atoms with E-state index >= 15 is 0 Å². The Morgan fingerprint density at radius 3 is 2.53 bits per heavy atom. The van der Waals surface area contributed by atoms with Crippen molar-refractivity contribution in [3.63, 3.8) is 0 Å². The molecular formula is C10H16F3NO3. The minimum absolute atomic E-state index is 0.0680. The molecule has 1 aliphatic heterocycles. The maximum atomic E-state index is 11.9. The van der Waals surface area contributed by atoms with Crippen molar-refractivity contribution >= 4 is 5.97 Å². The lowest BCUT2D eigenvalue weighted by molar-refractivity contribution is -0.167. The van der Waals surface area contributed by atoms with E-state index in [9.17, 15) is 18.0 Å². The molecule has 1 saturated heterocycles. The van der Waals surface area contributed by atoms with Crippen LogP contribution in [0.15, 0.2) is 0 Å². The molecule has 0 aliphatic carbocycles. The Bertz CT molecular complexity index is 274. The van der Waals surface area contributed by atoms with Crippen LogP contribution in [0.3, 0.4) is 0 Å². The van der Waals surface area contributed by atoms with Crippen LogP contribution in [0, 0.1) is 0 Å². The normalized spacial score (nSPS) is 20.0. The highest BCUT2D eigenvalue weighted by Gasteiger charge is 2.40. The van der Waals surface area contributed by atoms with Crippen LogP contribution in [0.4, 0.5) is 13.2 Å². The highest BCUT2D eigenvalue weighted by Crippen LogP contribution is 2.26. The van der Waals surface area contributed by atoms with Gasteiger partial charge in [-0.3, -0.25) is 4.90 Å². The van der Waals surface area contributed by atoms with Gasteiger partial charge < -0.3 is 9.84 Å². The first-order valence-electron chi connectivity index (χ1n) is 5.35. The number of carbonyl (C=O) groups is 1. The second-order valence-corrected chi connectivity index (χ2v) is 4.56. The summed E-state index contributed by atoms with van der Waals surface area (Å²) in [6, 6.07) is 0. The summed E-state index contributed by atoms with van der Waals surface area (Å²) in [4.78, 5) is 12.1. The molecule has 100 valence electrons. The number of ether oxygens (including phenoxy) is 1. The maximum absolute atomic E-state index is 11.9. The van der Waals surface area contributed by atoms with Gasteiger partial charge in [-0.25, -0.2) is 4.79 Å². The van der Waals surface area contributed by atoms with Gasteiger partial charge in [-0.05, 0) is 19.9 Å². The van der Waals surface area contributed by atoms with Gasteiger partial charge in [-0.15, -0.1) is 0 Å². The third-order valence-corrected chi connectivity index (χ3v) is 2.59. The third kappa shape index (κ3) is 5.36. The molecule has 1 heterocycles. The van der Waals surface area contributed by atoms with Gasteiger partial charge in [0.2, 0.25) is 0 Å². The molecule has 0 radical (unpaired) electrons. The van der Waals surface area contributed by atoms with Gasteiger partial charge in [-0.2, -0.15) is 13.2 Å². The Kier molecular flexibility index (Phi) is 4.37. The first-order valence-corrected chi connectivity index (χ1v) is 5.35. The molecule has 1 rings (SSSR count). The second-order valence-electron chi connectivity index (χ2n) is 4.56. The highest BCUT2D eigenvalue weighted by atomic mass is 19.4. The Morgan fingerprint density at radius 1 is 1.47 bits per heavy atom. The van der Waals surface area contributed by atoms with Gasteiger partial charge >= 0.3 is 12.1 Å². The van der Waals surface area contributed by atoms with E-state index in [0.717, 1.165) is 0 Å². The van der Waals surface area contributed by atoms with Gasteiger partial charge in [0, 0.05) is 19.5 Å². The van der Waals surface area contributed by atoms with Crippen LogP contribution in [-0.4, -0.2) is 54.0 Å². The molecule has 7 heteroatoms. The van der Waals surface area contributed by atoms with Crippen molar-refractivity contribution < 1.29 is 27.8 Å². The predicted octanol–water partition coefficient (Wildman–Crippen LogP) is 1.50. The number of rotatable bonds is 6. The maximum Gasteiger partial charge on any atom is 0.389 e. The van der Waals surface area contributed by atoms with Crippen molar-refractivity contribution in [1.29, 1.82) is 0 Å². The number of hydrogen-bond acceptors (Lipinski definition) is 3. The Labute approximate surface area is 97.3 Å². The van der Waals surface area contributed by atoms with Crippen LogP contribution in [0.25, 0.3) is 0 Å². The highest BCUT2D eigenvalue weighted by molar-refractivity contribution is 5.68. The average molecular weight is 255 g/mol. The number of halogens is 3. The van der Waals surface area contributed by atoms with Crippen molar-refractivity contribution in [3.05, 3.63) is 0 Å². The van der Waals surface area contributed by atoms with E-state index in [1.807, 2.05) is 4.90 Å². The molecule has 1 aliphatic rings. The fraction of sp³-hybridized carbons (Fsp3) is 0.900. The number of hydrogen-bond donors (Lipinski definition) is 1. The second kappa shape index (κ2) is 5.22. The van der Waals surface area contributed by atoms with Crippen LogP contribution in [0.2, 0.25) is 0 Å². The lowest BCUT2D eigenvalue weighted by Crippen LogP contribution is -2.61. The third-order valence-electron chi connectivity index (χ3n) is 2.59. The smallest absolute Gasteiger partial charge is 0.389 e. The van der Waals surface area contributed by atoms with Crippen molar-refractivity contribution in [3.8, 4) is 0 Å². The van der Waals surface area contributed by atoms with Gasteiger partial charge in [-0.1, -0.05) is 0 Å². The summed E-state index contributed by atoms with van der Waals surface area (Å²) in [7, 11) is 0. The van der Waals surface area contributed by atoms with E-state index in [0.29, 0.717) is 19.6 Å². The fourth-order valence-corrected chi connectivity index (χ4v) is 1.89. The van der Waals surface area contributed by atoms with Gasteiger partial charge in [0.15, 0.2) is 0 Å². The largest absolute Gasteiger partial charge is 0.480 e. The van der Waals surface area contributed by atoms with E-state index in [1.54, 1.807) is 6.92 Å². The molecule has 0 aromatic carbocycles. The first-order chi connectivity index (χ1) is 7.70. The molecule has 17 heavy (non-hydrogen) atoms. The van der Waals surface area contributed by atoms with Crippen LogP contribution >= 0.6 is 0 Å². The Hall–Kier alpha value is -0.820. The van der Waals surface area contributed by atoms with E-state index in [-0.39, 0.29) is 13.0 Å². The van der Waals surface area contributed by atoms with E-state index in [2.05, 4.69) is 0 Å². The number of likely N-dealkylation sites (tertiary alicyclic amines) is 1. The fourth-order valence-electron chi connectivity index (χ4n) is 1.89. The number of aliphatic carboxylic acids is 1. The Morgan fingerprint density at radius 2 is 2.06 bits per heavy atom.